The number of carbonyl (C=O) groups is 1. The number of halogens is 1. The SMILES string of the molecule is CN(C(=O)c1cccc(I)c1)c1ccccc1/C(N)=N/O. The van der Waals surface area contributed by atoms with E-state index in [-0.39, 0.29) is 11.7 Å². The zero-order valence-electron chi connectivity index (χ0n) is 11.3. The summed E-state index contributed by atoms with van der Waals surface area (Å²) in [4.78, 5) is 14.0. The number of amides is 1. The Hall–Kier alpha value is -2.09. The van der Waals surface area contributed by atoms with Crippen molar-refractivity contribution in [3.8, 4) is 0 Å². The average Bonchev–Trinajstić information content (AvgIpc) is 2.52. The molecule has 2 aromatic rings. The van der Waals surface area contributed by atoms with Crippen LogP contribution in [0.5, 0.6) is 0 Å². The van der Waals surface area contributed by atoms with Gasteiger partial charge in [0.2, 0.25) is 0 Å². The molecule has 0 aliphatic carbocycles. The minimum atomic E-state index is -0.160. The summed E-state index contributed by atoms with van der Waals surface area (Å²) >= 11 is 2.16. The third kappa shape index (κ3) is 3.33. The predicted octanol–water partition coefficient (Wildman–Crippen LogP) is 2.66. The fourth-order valence-electron chi connectivity index (χ4n) is 1.96. The largest absolute Gasteiger partial charge is 0.409 e. The molecule has 0 saturated heterocycles. The smallest absolute Gasteiger partial charge is 0.258 e. The molecule has 0 fully saturated rings. The van der Waals surface area contributed by atoms with Gasteiger partial charge in [-0.3, -0.25) is 4.79 Å². The molecule has 0 saturated carbocycles. The summed E-state index contributed by atoms with van der Waals surface area (Å²) in [6.45, 7) is 0. The molecule has 0 spiro atoms. The summed E-state index contributed by atoms with van der Waals surface area (Å²) in [7, 11) is 1.66. The second kappa shape index (κ2) is 6.57. The molecule has 3 N–H and O–H groups in total. The lowest BCUT2D eigenvalue weighted by Crippen LogP contribution is -2.29. The molecule has 0 bridgehead atoms. The lowest BCUT2D eigenvalue weighted by atomic mass is 10.1. The van der Waals surface area contributed by atoms with Crippen LogP contribution in [0.4, 0.5) is 5.69 Å². The number of hydrogen-bond acceptors (Lipinski definition) is 3. The van der Waals surface area contributed by atoms with E-state index in [0.29, 0.717) is 16.8 Å². The van der Waals surface area contributed by atoms with Crippen molar-refractivity contribution in [2.24, 2.45) is 10.9 Å². The first-order valence-corrected chi connectivity index (χ1v) is 7.23. The number of nitrogens with zero attached hydrogens (tertiary/aromatic N) is 2. The van der Waals surface area contributed by atoms with Crippen LogP contribution in [0.2, 0.25) is 0 Å². The van der Waals surface area contributed by atoms with E-state index < -0.39 is 0 Å². The Labute approximate surface area is 136 Å². The van der Waals surface area contributed by atoms with Gasteiger partial charge < -0.3 is 15.8 Å². The van der Waals surface area contributed by atoms with Crippen LogP contribution in [0.1, 0.15) is 15.9 Å². The lowest BCUT2D eigenvalue weighted by molar-refractivity contribution is 0.0993. The van der Waals surface area contributed by atoms with Gasteiger partial charge in [0.05, 0.1) is 5.69 Å². The van der Waals surface area contributed by atoms with Crippen LogP contribution in [0, 0.1) is 3.57 Å². The van der Waals surface area contributed by atoms with Crippen molar-refractivity contribution < 1.29 is 10.0 Å². The Morgan fingerprint density at radius 2 is 1.95 bits per heavy atom. The Balaban J connectivity index is 2.41. The van der Waals surface area contributed by atoms with Crippen LogP contribution in [0.25, 0.3) is 0 Å². The van der Waals surface area contributed by atoms with E-state index in [1.165, 1.54) is 4.90 Å². The second-order valence-corrected chi connectivity index (χ2v) is 5.62. The lowest BCUT2D eigenvalue weighted by Gasteiger charge is -2.20. The molecule has 0 unspecified atom stereocenters. The average molecular weight is 395 g/mol. The van der Waals surface area contributed by atoms with Gasteiger partial charge in [-0.1, -0.05) is 23.4 Å². The van der Waals surface area contributed by atoms with Gasteiger partial charge in [0.25, 0.3) is 5.91 Å². The monoisotopic (exact) mass is 395 g/mol. The molecular formula is C15H14IN3O2. The van der Waals surface area contributed by atoms with E-state index in [1.807, 2.05) is 18.2 Å². The van der Waals surface area contributed by atoms with Gasteiger partial charge in [0, 0.05) is 21.7 Å². The number of nitrogens with two attached hydrogens (primary N) is 1. The molecule has 2 aromatic carbocycles. The zero-order chi connectivity index (χ0) is 15.4. The summed E-state index contributed by atoms with van der Waals surface area (Å²) < 4.78 is 0.983. The number of anilines is 1. The molecule has 2 rings (SSSR count). The zero-order valence-corrected chi connectivity index (χ0v) is 13.5. The second-order valence-electron chi connectivity index (χ2n) is 4.38. The minimum absolute atomic E-state index is 0.0344. The molecule has 1 amide bonds. The predicted molar refractivity (Wildman–Crippen MR) is 90.8 cm³/mol. The summed E-state index contributed by atoms with van der Waals surface area (Å²) in [5.74, 6) is -0.195. The van der Waals surface area contributed by atoms with Gasteiger partial charge in [0.15, 0.2) is 5.84 Å². The van der Waals surface area contributed by atoms with E-state index in [1.54, 1.807) is 37.4 Å². The Kier molecular flexibility index (Phi) is 4.79. The van der Waals surface area contributed by atoms with Crippen LogP contribution >= 0.6 is 22.6 Å². The van der Waals surface area contributed by atoms with Crippen LogP contribution in [-0.2, 0) is 0 Å². The van der Waals surface area contributed by atoms with Crippen LogP contribution < -0.4 is 10.6 Å². The van der Waals surface area contributed by atoms with Crippen molar-refractivity contribution in [3.05, 3.63) is 63.2 Å². The first-order valence-electron chi connectivity index (χ1n) is 6.15. The number of rotatable bonds is 3. The molecule has 0 aliphatic rings. The quantitative estimate of drug-likeness (QED) is 0.276. The molecule has 5 nitrogen and oxygen atoms in total. The van der Waals surface area contributed by atoms with Crippen molar-refractivity contribution in [2.75, 3.05) is 11.9 Å². The highest BCUT2D eigenvalue weighted by atomic mass is 127. The maximum atomic E-state index is 12.5. The Morgan fingerprint density at radius 3 is 2.62 bits per heavy atom. The van der Waals surface area contributed by atoms with Crippen LogP contribution in [-0.4, -0.2) is 24.0 Å². The van der Waals surface area contributed by atoms with Crippen molar-refractivity contribution >= 4 is 40.0 Å². The Morgan fingerprint density at radius 1 is 1.24 bits per heavy atom. The first-order chi connectivity index (χ1) is 10.0. The highest BCUT2D eigenvalue weighted by Gasteiger charge is 2.17. The standard InChI is InChI=1S/C15H14IN3O2/c1-19(15(20)10-5-4-6-11(16)9-10)13-8-3-2-7-12(13)14(17)18-21/h2-9,21H,1H3,(H2,17,18). The summed E-state index contributed by atoms with van der Waals surface area (Å²) in [6.07, 6.45) is 0. The number of benzene rings is 2. The molecule has 0 radical (unpaired) electrons. The van der Waals surface area contributed by atoms with E-state index in [0.717, 1.165) is 3.57 Å². The van der Waals surface area contributed by atoms with E-state index in [2.05, 4.69) is 27.7 Å². The van der Waals surface area contributed by atoms with E-state index in [4.69, 9.17) is 10.9 Å². The Bertz CT molecular complexity index is 701. The molecule has 21 heavy (non-hydrogen) atoms. The third-order valence-corrected chi connectivity index (χ3v) is 3.70. The molecule has 6 heteroatoms. The molecule has 0 atom stereocenters. The number of hydrogen-bond donors (Lipinski definition) is 2. The highest BCUT2D eigenvalue weighted by molar-refractivity contribution is 14.1. The minimum Gasteiger partial charge on any atom is -0.409 e. The topological polar surface area (TPSA) is 78.9 Å². The van der Waals surface area contributed by atoms with Gasteiger partial charge in [0.1, 0.15) is 0 Å². The fourth-order valence-corrected chi connectivity index (χ4v) is 2.50. The number of para-hydroxylation sites is 1. The van der Waals surface area contributed by atoms with Gasteiger partial charge in [-0.05, 0) is 52.9 Å². The molecule has 0 aliphatic heterocycles. The van der Waals surface area contributed by atoms with Crippen molar-refractivity contribution in [1.29, 1.82) is 0 Å². The number of amidine groups is 1. The van der Waals surface area contributed by atoms with Crippen LogP contribution in [0.15, 0.2) is 53.7 Å². The molecule has 108 valence electrons. The maximum absolute atomic E-state index is 12.5. The van der Waals surface area contributed by atoms with Gasteiger partial charge >= 0.3 is 0 Å². The molecule has 0 heterocycles. The van der Waals surface area contributed by atoms with Gasteiger partial charge in [-0.25, -0.2) is 0 Å². The summed E-state index contributed by atoms with van der Waals surface area (Å²) in [5.41, 5.74) is 7.32. The number of carbonyl (C=O) groups excluding carboxylic acids is 1. The number of oxime groups is 1. The fraction of sp³-hybridized carbons (Fsp3) is 0.0667. The van der Waals surface area contributed by atoms with E-state index in [9.17, 15) is 4.79 Å². The van der Waals surface area contributed by atoms with Gasteiger partial charge in [-0.15, -0.1) is 0 Å². The van der Waals surface area contributed by atoms with Gasteiger partial charge in [-0.2, -0.15) is 0 Å². The van der Waals surface area contributed by atoms with Crippen molar-refractivity contribution in [3.63, 3.8) is 0 Å². The normalized spacial score (nSPS) is 11.2. The summed E-state index contributed by atoms with van der Waals surface area (Å²) in [6, 6.07) is 14.3. The molecular weight excluding hydrogens is 381 g/mol. The summed E-state index contributed by atoms with van der Waals surface area (Å²) in [5, 5.41) is 11.8. The van der Waals surface area contributed by atoms with Crippen molar-refractivity contribution in [1.82, 2.24) is 0 Å². The van der Waals surface area contributed by atoms with E-state index >= 15 is 0 Å². The first kappa shape index (κ1) is 15.3. The van der Waals surface area contributed by atoms with Crippen LogP contribution in [0.3, 0.4) is 0 Å². The maximum Gasteiger partial charge on any atom is 0.258 e. The third-order valence-electron chi connectivity index (χ3n) is 3.03. The molecule has 0 aromatic heterocycles. The highest BCUT2D eigenvalue weighted by Crippen LogP contribution is 2.21. The van der Waals surface area contributed by atoms with Crippen molar-refractivity contribution in [2.45, 2.75) is 0 Å².